The van der Waals surface area contributed by atoms with Gasteiger partial charge in [-0.1, -0.05) is 13.8 Å². The molecule has 0 saturated carbocycles. The predicted octanol–water partition coefficient (Wildman–Crippen LogP) is 1.19. The van der Waals surface area contributed by atoms with Gasteiger partial charge in [0.15, 0.2) is 0 Å². The van der Waals surface area contributed by atoms with Gasteiger partial charge in [0.25, 0.3) is 5.91 Å². The van der Waals surface area contributed by atoms with Crippen molar-refractivity contribution in [3.63, 3.8) is 0 Å². The highest BCUT2D eigenvalue weighted by atomic mass is 35.5. The van der Waals surface area contributed by atoms with Crippen molar-refractivity contribution in [2.45, 2.75) is 27.3 Å². The smallest absolute Gasteiger partial charge is 0.316 e. The highest BCUT2D eigenvalue weighted by Gasteiger charge is 2.22. The van der Waals surface area contributed by atoms with E-state index in [0.717, 1.165) is 0 Å². The van der Waals surface area contributed by atoms with Crippen LogP contribution in [0.1, 0.15) is 31.1 Å². The lowest BCUT2D eigenvalue weighted by molar-refractivity contribution is 0.0740. The van der Waals surface area contributed by atoms with Crippen LogP contribution < -0.4 is 16.9 Å². The monoisotopic (exact) mass is 368 g/mol. The largest absolute Gasteiger partial charge is 0.341 e. The van der Waals surface area contributed by atoms with Crippen molar-refractivity contribution < 1.29 is 4.79 Å². The normalized spacial score (nSPS) is 11.2. The second-order valence-corrected chi connectivity index (χ2v) is 6.77. The van der Waals surface area contributed by atoms with E-state index in [1.807, 2.05) is 13.8 Å². The summed E-state index contributed by atoms with van der Waals surface area (Å²) >= 11 is 0. The maximum absolute atomic E-state index is 12.6. The summed E-state index contributed by atoms with van der Waals surface area (Å²) < 4.78 is 1.39. The summed E-state index contributed by atoms with van der Waals surface area (Å²) in [5.41, 5.74) is 5.78. The van der Waals surface area contributed by atoms with Gasteiger partial charge in [0.2, 0.25) is 0 Å². The number of aromatic amines is 1. The molecule has 2 aromatic rings. The Bertz CT molecular complexity index is 886. The van der Waals surface area contributed by atoms with Gasteiger partial charge in [0, 0.05) is 25.7 Å². The third kappa shape index (κ3) is 4.29. The van der Waals surface area contributed by atoms with Crippen molar-refractivity contribution in [1.82, 2.24) is 14.5 Å². The number of aryl methyl sites for hydroxylation is 1. The van der Waals surface area contributed by atoms with Gasteiger partial charge in [-0.15, -0.1) is 12.4 Å². The van der Waals surface area contributed by atoms with E-state index < -0.39 is 11.1 Å². The Labute approximate surface area is 152 Å². The molecule has 3 N–H and O–H groups in total. The van der Waals surface area contributed by atoms with Crippen molar-refractivity contribution >= 4 is 29.3 Å². The first-order valence-electron chi connectivity index (χ1n) is 7.92. The minimum atomic E-state index is -0.688. The number of benzene rings is 1. The van der Waals surface area contributed by atoms with Crippen LogP contribution in [0.25, 0.3) is 11.0 Å². The SMILES string of the molecule is CCn1c(=O)c(=O)[nH]c2cc(C(=O)N(C)CC(C)(C)CN)ccc21.Cl. The van der Waals surface area contributed by atoms with Gasteiger partial charge in [-0.05, 0) is 37.1 Å². The summed E-state index contributed by atoms with van der Waals surface area (Å²) in [4.78, 5) is 40.4. The molecule has 8 heteroatoms. The number of H-pyrrole nitrogens is 1. The van der Waals surface area contributed by atoms with Gasteiger partial charge < -0.3 is 20.2 Å². The second-order valence-electron chi connectivity index (χ2n) is 6.77. The van der Waals surface area contributed by atoms with Crippen LogP contribution in [0.15, 0.2) is 27.8 Å². The number of fused-ring (bicyclic) bond motifs is 1. The minimum Gasteiger partial charge on any atom is -0.341 e. The molecule has 1 heterocycles. The maximum atomic E-state index is 12.6. The van der Waals surface area contributed by atoms with Crippen LogP contribution in [0.4, 0.5) is 0 Å². The third-order valence-corrected chi connectivity index (χ3v) is 4.10. The Morgan fingerprint density at radius 2 is 1.96 bits per heavy atom. The quantitative estimate of drug-likeness (QED) is 0.774. The Balaban J connectivity index is 0.00000312. The van der Waals surface area contributed by atoms with Crippen molar-refractivity contribution in [3.8, 4) is 0 Å². The molecule has 0 fully saturated rings. The molecule has 1 aromatic carbocycles. The van der Waals surface area contributed by atoms with Crippen LogP contribution in [0.2, 0.25) is 0 Å². The molecule has 7 nitrogen and oxygen atoms in total. The summed E-state index contributed by atoms with van der Waals surface area (Å²) in [5.74, 6) is -0.159. The van der Waals surface area contributed by atoms with E-state index in [-0.39, 0.29) is 23.7 Å². The van der Waals surface area contributed by atoms with Crippen molar-refractivity contribution in [3.05, 3.63) is 44.5 Å². The van der Waals surface area contributed by atoms with Crippen LogP contribution in [-0.2, 0) is 6.54 Å². The first kappa shape index (κ1) is 20.9. The van der Waals surface area contributed by atoms with Crippen LogP contribution in [0.5, 0.6) is 0 Å². The van der Waals surface area contributed by atoms with Crippen molar-refractivity contribution in [2.75, 3.05) is 20.1 Å². The van der Waals surface area contributed by atoms with E-state index in [4.69, 9.17) is 5.73 Å². The topological polar surface area (TPSA) is 101 Å². The van der Waals surface area contributed by atoms with E-state index in [1.165, 1.54) is 4.57 Å². The van der Waals surface area contributed by atoms with Crippen molar-refractivity contribution in [1.29, 1.82) is 0 Å². The summed E-state index contributed by atoms with van der Waals surface area (Å²) in [6, 6.07) is 4.96. The number of nitrogens with two attached hydrogens (primary N) is 1. The van der Waals surface area contributed by atoms with Crippen LogP contribution in [0.3, 0.4) is 0 Å². The maximum Gasteiger partial charge on any atom is 0.316 e. The predicted molar refractivity (Wildman–Crippen MR) is 102 cm³/mol. The first-order chi connectivity index (χ1) is 11.2. The fraction of sp³-hybridized carbons (Fsp3) is 0.471. The van der Waals surface area contributed by atoms with Gasteiger partial charge in [-0.3, -0.25) is 14.4 Å². The molecule has 0 radical (unpaired) electrons. The van der Waals surface area contributed by atoms with Gasteiger partial charge in [0.1, 0.15) is 0 Å². The zero-order chi connectivity index (χ0) is 18.1. The van der Waals surface area contributed by atoms with E-state index in [9.17, 15) is 14.4 Å². The molecular formula is C17H25ClN4O3. The van der Waals surface area contributed by atoms with Crippen molar-refractivity contribution in [2.24, 2.45) is 11.1 Å². The highest BCUT2D eigenvalue weighted by Crippen LogP contribution is 2.17. The highest BCUT2D eigenvalue weighted by molar-refractivity contribution is 5.97. The fourth-order valence-corrected chi connectivity index (χ4v) is 2.73. The minimum absolute atomic E-state index is 0. The van der Waals surface area contributed by atoms with E-state index in [0.29, 0.717) is 36.2 Å². The fourth-order valence-electron chi connectivity index (χ4n) is 2.73. The summed E-state index contributed by atoms with van der Waals surface area (Å²) in [7, 11) is 1.72. The van der Waals surface area contributed by atoms with E-state index in [1.54, 1.807) is 37.1 Å². The Morgan fingerprint density at radius 3 is 2.52 bits per heavy atom. The molecular weight excluding hydrogens is 344 g/mol. The number of carbonyl (C=O) groups excluding carboxylic acids is 1. The van der Waals surface area contributed by atoms with Gasteiger partial charge in [-0.25, -0.2) is 0 Å². The number of nitrogens with one attached hydrogen (secondary N) is 1. The average molecular weight is 369 g/mol. The number of hydrogen-bond acceptors (Lipinski definition) is 4. The van der Waals surface area contributed by atoms with Crippen LogP contribution in [-0.4, -0.2) is 40.5 Å². The molecule has 0 saturated heterocycles. The van der Waals surface area contributed by atoms with E-state index >= 15 is 0 Å². The van der Waals surface area contributed by atoms with E-state index in [2.05, 4.69) is 4.98 Å². The van der Waals surface area contributed by atoms with Crippen LogP contribution >= 0.6 is 12.4 Å². The number of hydrogen-bond donors (Lipinski definition) is 2. The molecule has 2 rings (SSSR count). The zero-order valence-electron chi connectivity index (χ0n) is 15.0. The number of nitrogens with zero attached hydrogens (tertiary/aromatic N) is 2. The lowest BCUT2D eigenvalue weighted by atomic mass is 9.93. The molecule has 0 aliphatic carbocycles. The lowest BCUT2D eigenvalue weighted by Crippen LogP contribution is -2.40. The number of carbonyl (C=O) groups is 1. The molecule has 0 atom stereocenters. The van der Waals surface area contributed by atoms with Crippen LogP contribution in [0, 0.1) is 5.41 Å². The second kappa shape index (κ2) is 7.84. The molecule has 0 bridgehead atoms. The summed E-state index contributed by atoms with van der Waals surface area (Å²) in [6.45, 7) is 7.16. The number of amides is 1. The molecule has 1 aromatic heterocycles. The summed E-state index contributed by atoms with van der Waals surface area (Å²) in [5, 5.41) is 0. The molecule has 0 unspecified atom stereocenters. The lowest BCUT2D eigenvalue weighted by Gasteiger charge is -2.29. The molecule has 0 aliphatic heterocycles. The Hall–Kier alpha value is -2.12. The van der Waals surface area contributed by atoms with Gasteiger partial charge in [-0.2, -0.15) is 0 Å². The van der Waals surface area contributed by atoms with Gasteiger partial charge >= 0.3 is 11.1 Å². The first-order valence-corrected chi connectivity index (χ1v) is 7.92. The molecule has 25 heavy (non-hydrogen) atoms. The number of rotatable bonds is 5. The number of aromatic nitrogens is 2. The summed E-state index contributed by atoms with van der Waals surface area (Å²) in [6.07, 6.45) is 0. The van der Waals surface area contributed by atoms with Gasteiger partial charge in [0.05, 0.1) is 11.0 Å². The average Bonchev–Trinajstić information content (AvgIpc) is 2.54. The Kier molecular flexibility index (Phi) is 6.56. The molecule has 1 amide bonds. The molecule has 0 spiro atoms. The molecule has 0 aliphatic rings. The standard InChI is InChI=1S/C17H24N4O3.ClH/c1-5-21-13-7-6-11(8-12(13)19-14(22)16(21)24)15(23)20(4)10-17(2,3)9-18;/h6-8H,5,9-10,18H2,1-4H3,(H,19,22);1H. The Morgan fingerprint density at radius 1 is 1.32 bits per heavy atom. The molecule has 138 valence electrons. The zero-order valence-corrected chi connectivity index (χ0v) is 15.8. The third-order valence-electron chi connectivity index (χ3n) is 4.10. The number of halogens is 1.